The molecule has 0 saturated carbocycles. The quantitative estimate of drug-likeness (QED) is 0.688. The minimum atomic E-state index is 0.419. The molecule has 0 aromatic heterocycles. The van der Waals surface area contributed by atoms with Gasteiger partial charge < -0.3 is 10.2 Å². The normalized spacial score (nSPS) is 27.2. The van der Waals surface area contributed by atoms with E-state index in [1.807, 2.05) is 0 Å². The minimum absolute atomic E-state index is 0.419. The first-order valence-corrected chi connectivity index (χ1v) is 5.81. The summed E-state index contributed by atoms with van der Waals surface area (Å²) in [7, 11) is 0. The number of nitrogens with zero attached hydrogens (tertiary/aromatic N) is 1. The highest BCUT2D eigenvalue weighted by Crippen LogP contribution is 2.34. The van der Waals surface area contributed by atoms with Gasteiger partial charge in [-0.3, -0.25) is 0 Å². The van der Waals surface area contributed by atoms with Gasteiger partial charge in [0.15, 0.2) is 0 Å². The Kier molecular flexibility index (Phi) is 2.56. The van der Waals surface area contributed by atoms with Crippen LogP contribution < -0.4 is 5.32 Å². The zero-order valence-electron chi connectivity index (χ0n) is 9.47. The van der Waals surface area contributed by atoms with Gasteiger partial charge in [-0.25, -0.2) is 0 Å². The van der Waals surface area contributed by atoms with Gasteiger partial charge in [-0.05, 0) is 39.5 Å². The zero-order chi connectivity index (χ0) is 10.2. The molecule has 2 aliphatic rings. The molecule has 0 aromatic carbocycles. The molecular formula is C12H22N2. The predicted octanol–water partition coefficient (Wildman–Crippen LogP) is 2.13. The molecule has 0 atom stereocenters. The van der Waals surface area contributed by atoms with Gasteiger partial charge in [0.05, 0.1) is 0 Å². The molecule has 2 heteroatoms. The van der Waals surface area contributed by atoms with E-state index in [2.05, 4.69) is 30.6 Å². The van der Waals surface area contributed by atoms with Crippen LogP contribution in [0.4, 0.5) is 0 Å². The number of allylic oxidation sites excluding steroid dienone is 1. The van der Waals surface area contributed by atoms with Crippen LogP contribution >= 0.6 is 0 Å². The van der Waals surface area contributed by atoms with Crippen molar-refractivity contribution in [3.05, 3.63) is 12.3 Å². The van der Waals surface area contributed by atoms with Gasteiger partial charge in [0, 0.05) is 30.4 Å². The van der Waals surface area contributed by atoms with E-state index < -0.39 is 0 Å². The number of likely N-dealkylation sites (tertiary alicyclic amines) is 1. The summed E-state index contributed by atoms with van der Waals surface area (Å²) in [5.74, 6) is 0. The van der Waals surface area contributed by atoms with E-state index in [9.17, 15) is 0 Å². The highest BCUT2D eigenvalue weighted by molar-refractivity contribution is 5.11. The number of piperidine rings is 1. The van der Waals surface area contributed by atoms with Crippen molar-refractivity contribution in [1.29, 1.82) is 0 Å². The van der Waals surface area contributed by atoms with Gasteiger partial charge in [0.1, 0.15) is 0 Å². The smallest absolute Gasteiger partial charge is 0.0398 e. The van der Waals surface area contributed by atoms with Crippen LogP contribution in [-0.4, -0.2) is 29.6 Å². The molecule has 0 radical (unpaired) electrons. The maximum Gasteiger partial charge on any atom is 0.0398 e. The minimum Gasteiger partial charge on any atom is -0.383 e. The van der Waals surface area contributed by atoms with Crippen LogP contribution in [0.2, 0.25) is 0 Å². The van der Waals surface area contributed by atoms with Crippen molar-refractivity contribution < 1.29 is 0 Å². The lowest BCUT2D eigenvalue weighted by Gasteiger charge is -2.41. The van der Waals surface area contributed by atoms with Crippen molar-refractivity contribution in [2.24, 2.45) is 0 Å². The summed E-state index contributed by atoms with van der Waals surface area (Å²) >= 11 is 0. The summed E-state index contributed by atoms with van der Waals surface area (Å²) in [4.78, 5) is 2.58. The average Bonchev–Trinajstić information content (AvgIpc) is 2.48. The van der Waals surface area contributed by atoms with E-state index in [4.69, 9.17) is 0 Å². The standard InChI is InChI=1S/C12H22N2/c1-10(2)14-8-6-12(7-9-14)5-4-11(3)13-12/h10,13H,3-9H2,1-2H3. The van der Waals surface area contributed by atoms with Gasteiger partial charge >= 0.3 is 0 Å². The third-order valence-corrected chi connectivity index (χ3v) is 3.83. The molecule has 0 aromatic rings. The van der Waals surface area contributed by atoms with Crippen LogP contribution in [-0.2, 0) is 0 Å². The molecule has 0 amide bonds. The highest BCUT2D eigenvalue weighted by Gasteiger charge is 2.38. The lowest BCUT2D eigenvalue weighted by atomic mass is 9.86. The zero-order valence-corrected chi connectivity index (χ0v) is 9.47. The summed E-state index contributed by atoms with van der Waals surface area (Å²) in [5.41, 5.74) is 1.67. The fourth-order valence-electron chi connectivity index (χ4n) is 2.73. The maximum atomic E-state index is 4.03. The van der Waals surface area contributed by atoms with Crippen molar-refractivity contribution in [1.82, 2.24) is 10.2 Å². The number of rotatable bonds is 1. The first kappa shape index (κ1) is 10.0. The molecule has 2 aliphatic heterocycles. The summed E-state index contributed by atoms with van der Waals surface area (Å²) in [6.07, 6.45) is 5.08. The van der Waals surface area contributed by atoms with Crippen LogP contribution in [0.3, 0.4) is 0 Å². The molecule has 0 aliphatic carbocycles. The third-order valence-electron chi connectivity index (χ3n) is 3.83. The van der Waals surface area contributed by atoms with Crippen LogP contribution in [0.5, 0.6) is 0 Å². The Morgan fingerprint density at radius 2 is 1.93 bits per heavy atom. The van der Waals surface area contributed by atoms with E-state index in [1.54, 1.807) is 0 Å². The highest BCUT2D eigenvalue weighted by atomic mass is 15.2. The Bertz CT molecular complexity index is 224. The van der Waals surface area contributed by atoms with Crippen LogP contribution in [0.1, 0.15) is 39.5 Å². The second kappa shape index (κ2) is 3.58. The topological polar surface area (TPSA) is 15.3 Å². The van der Waals surface area contributed by atoms with Gasteiger partial charge in [-0.2, -0.15) is 0 Å². The molecule has 1 spiro atoms. The average molecular weight is 194 g/mol. The molecule has 2 rings (SSSR count). The Hall–Kier alpha value is -0.500. The number of hydrogen-bond donors (Lipinski definition) is 1. The third kappa shape index (κ3) is 1.81. The van der Waals surface area contributed by atoms with Gasteiger partial charge in [-0.15, -0.1) is 0 Å². The summed E-state index contributed by atoms with van der Waals surface area (Å²) in [5, 5.41) is 3.61. The molecule has 80 valence electrons. The Morgan fingerprint density at radius 3 is 2.36 bits per heavy atom. The van der Waals surface area contributed by atoms with Crippen molar-refractivity contribution in [2.75, 3.05) is 13.1 Å². The van der Waals surface area contributed by atoms with Crippen LogP contribution in [0, 0.1) is 0 Å². The van der Waals surface area contributed by atoms with Crippen molar-refractivity contribution in [2.45, 2.75) is 51.1 Å². The molecule has 2 fully saturated rings. The molecule has 0 bridgehead atoms. The first-order valence-electron chi connectivity index (χ1n) is 5.81. The van der Waals surface area contributed by atoms with Crippen molar-refractivity contribution in [3.63, 3.8) is 0 Å². The summed E-state index contributed by atoms with van der Waals surface area (Å²) in [6, 6.07) is 0.706. The van der Waals surface area contributed by atoms with E-state index >= 15 is 0 Å². The molecule has 14 heavy (non-hydrogen) atoms. The van der Waals surface area contributed by atoms with Crippen LogP contribution in [0.15, 0.2) is 12.3 Å². The largest absolute Gasteiger partial charge is 0.383 e. The molecule has 2 nitrogen and oxygen atoms in total. The monoisotopic (exact) mass is 194 g/mol. The van der Waals surface area contributed by atoms with E-state index in [-0.39, 0.29) is 0 Å². The van der Waals surface area contributed by atoms with E-state index in [1.165, 1.54) is 44.5 Å². The van der Waals surface area contributed by atoms with E-state index in [0.29, 0.717) is 11.6 Å². The number of hydrogen-bond acceptors (Lipinski definition) is 2. The molecule has 2 saturated heterocycles. The molecule has 2 heterocycles. The SMILES string of the molecule is C=C1CCC2(CCN(C(C)C)CC2)N1. The second-order valence-electron chi connectivity index (χ2n) is 5.14. The Morgan fingerprint density at radius 1 is 1.29 bits per heavy atom. The summed E-state index contributed by atoms with van der Waals surface area (Å²) in [6.45, 7) is 11.1. The lowest BCUT2D eigenvalue weighted by Crippen LogP contribution is -2.51. The Balaban J connectivity index is 1.92. The second-order valence-corrected chi connectivity index (χ2v) is 5.14. The molecule has 1 N–H and O–H groups in total. The van der Waals surface area contributed by atoms with Crippen molar-refractivity contribution >= 4 is 0 Å². The predicted molar refractivity (Wildman–Crippen MR) is 60.2 cm³/mol. The van der Waals surface area contributed by atoms with Gasteiger partial charge in [-0.1, -0.05) is 6.58 Å². The lowest BCUT2D eigenvalue weighted by molar-refractivity contribution is 0.123. The van der Waals surface area contributed by atoms with Gasteiger partial charge in [0.2, 0.25) is 0 Å². The Labute approximate surface area is 87.4 Å². The fourth-order valence-corrected chi connectivity index (χ4v) is 2.73. The molecule has 0 unspecified atom stereocenters. The summed E-state index contributed by atoms with van der Waals surface area (Å²) < 4.78 is 0. The van der Waals surface area contributed by atoms with Crippen molar-refractivity contribution in [3.8, 4) is 0 Å². The molecular weight excluding hydrogens is 172 g/mol. The van der Waals surface area contributed by atoms with Gasteiger partial charge in [0.25, 0.3) is 0 Å². The number of nitrogens with one attached hydrogen (secondary N) is 1. The van der Waals surface area contributed by atoms with E-state index in [0.717, 1.165) is 0 Å². The van der Waals surface area contributed by atoms with Crippen LogP contribution in [0.25, 0.3) is 0 Å². The first-order chi connectivity index (χ1) is 6.61. The maximum absolute atomic E-state index is 4.03. The fraction of sp³-hybridized carbons (Fsp3) is 0.833.